The zero-order chi connectivity index (χ0) is 13.1. The molecule has 0 bridgehead atoms. The van der Waals surface area contributed by atoms with Gasteiger partial charge in [-0.2, -0.15) is 0 Å². The van der Waals surface area contributed by atoms with E-state index in [1.165, 1.54) is 0 Å². The largest absolute Gasteiger partial charge is 0.370 e. The van der Waals surface area contributed by atoms with Crippen molar-refractivity contribution in [2.45, 2.75) is 20.3 Å². The van der Waals surface area contributed by atoms with E-state index < -0.39 is 0 Å². The third-order valence-electron chi connectivity index (χ3n) is 3.11. The molecule has 0 radical (unpaired) electrons. The van der Waals surface area contributed by atoms with Gasteiger partial charge in [0.25, 0.3) is 5.91 Å². The first-order valence-corrected chi connectivity index (χ1v) is 6.68. The molecule has 4 nitrogen and oxygen atoms in total. The van der Waals surface area contributed by atoms with E-state index in [0.29, 0.717) is 22.5 Å². The van der Waals surface area contributed by atoms with Gasteiger partial charge in [-0.05, 0) is 31.4 Å². The highest BCUT2D eigenvalue weighted by atomic mass is 35.5. The summed E-state index contributed by atoms with van der Waals surface area (Å²) in [4.78, 5) is 18.3. The molecule has 5 heteroatoms. The van der Waals surface area contributed by atoms with Crippen molar-refractivity contribution < 1.29 is 4.79 Å². The van der Waals surface area contributed by atoms with Crippen molar-refractivity contribution in [3.8, 4) is 0 Å². The van der Waals surface area contributed by atoms with Crippen molar-refractivity contribution in [2.75, 3.05) is 25.0 Å². The molecule has 0 spiro atoms. The first-order valence-electron chi connectivity index (χ1n) is 6.31. The fourth-order valence-electron chi connectivity index (χ4n) is 2.19. The maximum absolute atomic E-state index is 12.3. The quantitative estimate of drug-likeness (QED) is 0.857. The summed E-state index contributed by atoms with van der Waals surface area (Å²) in [5, 5.41) is 3.43. The fourth-order valence-corrected chi connectivity index (χ4v) is 2.40. The van der Waals surface area contributed by atoms with Crippen molar-refractivity contribution in [3.05, 3.63) is 22.8 Å². The topological polar surface area (TPSA) is 45.2 Å². The lowest BCUT2D eigenvalue weighted by Crippen LogP contribution is -2.28. The molecule has 1 unspecified atom stereocenters. The van der Waals surface area contributed by atoms with Crippen molar-refractivity contribution in [1.82, 2.24) is 9.88 Å². The van der Waals surface area contributed by atoms with Crippen LogP contribution in [0.1, 0.15) is 30.6 Å². The Kier molecular flexibility index (Phi) is 4.07. The van der Waals surface area contributed by atoms with Gasteiger partial charge in [-0.25, -0.2) is 4.98 Å². The van der Waals surface area contributed by atoms with Crippen LogP contribution in [0.15, 0.2) is 12.1 Å². The summed E-state index contributed by atoms with van der Waals surface area (Å²) in [6.07, 6.45) is 1.07. The summed E-state index contributed by atoms with van der Waals surface area (Å²) in [6, 6.07) is 3.40. The number of amides is 1. The average molecular weight is 268 g/mol. The first-order chi connectivity index (χ1) is 8.60. The summed E-state index contributed by atoms with van der Waals surface area (Å²) in [7, 11) is 0. The van der Waals surface area contributed by atoms with Crippen LogP contribution in [0.5, 0.6) is 0 Å². The normalized spacial score (nSPS) is 19.1. The van der Waals surface area contributed by atoms with E-state index in [-0.39, 0.29) is 5.91 Å². The van der Waals surface area contributed by atoms with E-state index in [9.17, 15) is 4.79 Å². The first kappa shape index (κ1) is 13.1. The van der Waals surface area contributed by atoms with Crippen molar-refractivity contribution in [3.63, 3.8) is 0 Å². The maximum Gasteiger partial charge on any atom is 0.254 e. The number of hydrogen-bond acceptors (Lipinski definition) is 3. The number of hydrogen-bond donors (Lipinski definition) is 1. The number of rotatable bonds is 3. The van der Waals surface area contributed by atoms with E-state index in [1.807, 2.05) is 11.8 Å². The molecule has 1 aromatic heterocycles. The number of pyridine rings is 1. The van der Waals surface area contributed by atoms with Crippen molar-refractivity contribution in [1.29, 1.82) is 0 Å². The van der Waals surface area contributed by atoms with Gasteiger partial charge >= 0.3 is 0 Å². The van der Waals surface area contributed by atoms with E-state index in [2.05, 4.69) is 17.2 Å². The van der Waals surface area contributed by atoms with Gasteiger partial charge in [-0.15, -0.1) is 0 Å². The molecule has 1 saturated heterocycles. The third kappa shape index (κ3) is 2.93. The second kappa shape index (κ2) is 5.57. The number of carbonyl (C=O) groups excluding carboxylic acids is 1. The van der Waals surface area contributed by atoms with Crippen LogP contribution in [0.2, 0.25) is 5.15 Å². The predicted octanol–water partition coefficient (Wildman–Crippen LogP) is 2.65. The van der Waals surface area contributed by atoms with Crippen molar-refractivity contribution in [2.24, 2.45) is 5.92 Å². The Balaban J connectivity index is 2.19. The molecular weight excluding hydrogens is 250 g/mol. The number of nitrogens with zero attached hydrogens (tertiary/aromatic N) is 2. The summed E-state index contributed by atoms with van der Waals surface area (Å²) >= 11 is 5.94. The van der Waals surface area contributed by atoms with Gasteiger partial charge in [0.2, 0.25) is 0 Å². The van der Waals surface area contributed by atoms with Crippen LogP contribution >= 0.6 is 11.6 Å². The van der Waals surface area contributed by atoms with Gasteiger partial charge in [0.05, 0.1) is 0 Å². The summed E-state index contributed by atoms with van der Waals surface area (Å²) in [6.45, 7) is 6.55. The molecule has 2 heterocycles. The van der Waals surface area contributed by atoms with E-state index in [0.717, 1.165) is 26.1 Å². The minimum Gasteiger partial charge on any atom is -0.370 e. The van der Waals surface area contributed by atoms with Crippen LogP contribution in [0.25, 0.3) is 0 Å². The molecule has 1 fully saturated rings. The summed E-state index contributed by atoms with van der Waals surface area (Å²) < 4.78 is 0. The van der Waals surface area contributed by atoms with Crippen LogP contribution in [-0.2, 0) is 0 Å². The van der Waals surface area contributed by atoms with Crippen LogP contribution < -0.4 is 5.32 Å². The highest BCUT2D eigenvalue weighted by molar-refractivity contribution is 6.29. The zero-order valence-corrected chi connectivity index (χ0v) is 11.5. The lowest BCUT2D eigenvalue weighted by atomic mass is 10.2. The molecule has 0 aromatic carbocycles. The number of aromatic nitrogens is 1. The number of carbonyl (C=O) groups is 1. The van der Waals surface area contributed by atoms with Gasteiger partial charge in [0.1, 0.15) is 11.0 Å². The Morgan fingerprint density at radius 3 is 3.00 bits per heavy atom. The van der Waals surface area contributed by atoms with E-state index in [4.69, 9.17) is 11.6 Å². The Hall–Kier alpha value is -1.29. The van der Waals surface area contributed by atoms with E-state index >= 15 is 0 Å². The number of likely N-dealkylation sites (tertiary alicyclic amines) is 1. The Bertz CT molecular complexity index is 450. The molecule has 1 amide bonds. The third-order valence-corrected chi connectivity index (χ3v) is 3.30. The van der Waals surface area contributed by atoms with Gasteiger partial charge in [0, 0.05) is 25.2 Å². The molecule has 1 aliphatic heterocycles. The molecular formula is C13H18ClN3O. The lowest BCUT2D eigenvalue weighted by molar-refractivity contribution is 0.0788. The molecule has 98 valence electrons. The zero-order valence-electron chi connectivity index (χ0n) is 10.7. The second-order valence-corrected chi connectivity index (χ2v) is 5.13. The van der Waals surface area contributed by atoms with Crippen LogP contribution in [-0.4, -0.2) is 35.4 Å². The van der Waals surface area contributed by atoms with E-state index in [1.54, 1.807) is 12.1 Å². The summed E-state index contributed by atoms with van der Waals surface area (Å²) in [5.41, 5.74) is 0.611. The average Bonchev–Trinajstić information content (AvgIpc) is 2.74. The van der Waals surface area contributed by atoms with Gasteiger partial charge in [0.15, 0.2) is 0 Å². The molecule has 0 saturated carbocycles. The van der Waals surface area contributed by atoms with Crippen LogP contribution in [0, 0.1) is 5.92 Å². The van der Waals surface area contributed by atoms with Crippen LogP contribution in [0.4, 0.5) is 5.82 Å². The van der Waals surface area contributed by atoms with Gasteiger partial charge in [-0.1, -0.05) is 18.5 Å². The second-order valence-electron chi connectivity index (χ2n) is 4.74. The number of halogens is 1. The van der Waals surface area contributed by atoms with Gasteiger partial charge in [-0.3, -0.25) is 4.79 Å². The highest BCUT2D eigenvalue weighted by Crippen LogP contribution is 2.21. The lowest BCUT2D eigenvalue weighted by Gasteiger charge is -2.16. The summed E-state index contributed by atoms with van der Waals surface area (Å²) in [5.74, 6) is 1.28. The Labute approximate surface area is 112 Å². The molecule has 1 aromatic rings. The molecule has 18 heavy (non-hydrogen) atoms. The number of nitrogens with one attached hydrogen (secondary N) is 1. The molecule has 1 N–H and O–H groups in total. The fraction of sp³-hybridized carbons (Fsp3) is 0.538. The Morgan fingerprint density at radius 2 is 2.39 bits per heavy atom. The molecule has 1 aliphatic rings. The Morgan fingerprint density at radius 1 is 1.61 bits per heavy atom. The molecule has 2 rings (SSSR count). The monoisotopic (exact) mass is 267 g/mol. The minimum atomic E-state index is 0.0443. The SMILES string of the molecule is CCNc1cc(C(=O)N2CCC(C)C2)cc(Cl)n1. The van der Waals surface area contributed by atoms with Crippen LogP contribution in [0.3, 0.4) is 0 Å². The number of anilines is 1. The predicted molar refractivity (Wildman–Crippen MR) is 73.1 cm³/mol. The standard InChI is InChI=1S/C13H18ClN3O/c1-3-15-12-7-10(6-11(14)16-12)13(18)17-5-4-9(2)8-17/h6-7,9H,3-5,8H2,1-2H3,(H,15,16). The minimum absolute atomic E-state index is 0.0443. The van der Waals surface area contributed by atoms with Crippen molar-refractivity contribution >= 4 is 23.3 Å². The maximum atomic E-state index is 12.3. The smallest absolute Gasteiger partial charge is 0.254 e. The highest BCUT2D eigenvalue weighted by Gasteiger charge is 2.24. The molecule has 0 aliphatic carbocycles. The van der Waals surface area contributed by atoms with Gasteiger partial charge < -0.3 is 10.2 Å². The molecule has 1 atom stereocenters.